The lowest BCUT2D eigenvalue weighted by Crippen LogP contribution is -2.31. The van der Waals surface area contributed by atoms with Gasteiger partial charge in [-0.3, -0.25) is 9.48 Å². The molecule has 1 aliphatic carbocycles. The Hall–Kier alpha value is -2.49. The molecule has 0 saturated heterocycles. The first kappa shape index (κ1) is 19.8. The zero-order valence-corrected chi connectivity index (χ0v) is 17.8. The van der Waals surface area contributed by atoms with Crippen LogP contribution in [0.5, 0.6) is 0 Å². The molecule has 0 saturated carbocycles. The van der Waals surface area contributed by atoms with E-state index in [1.54, 1.807) is 10.7 Å². The summed E-state index contributed by atoms with van der Waals surface area (Å²) < 4.78 is 28.6. The molecule has 7 nitrogen and oxygen atoms in total. The van der Waals surface area contributed by atoms with Gasteiger partial charge < -0.3 is 5.32 Å². The summed E-state index contributed by atoms with van der Waals surface area (Å²) in [4.78, 5) is 14.2. The number of rotatable bonds is 5. The summed E-state index contributed by atoms with van der Waals surface area (Å²) in [6.45, 7) is 0. The molecule has 3 aromatic rings. The van der Waals surface area contributed by atoms with E-state index in [0.717, 1.165) is 41.0 Å². The Morgan fingerprint density at radius 3 is 2.86 bits per heavy atom. The van der Waals surface area contributed by atoms with Gasteiger partial charge in [-0.1, -0.05) is 12.1 Å². The number of carbonyl (C=O) groups is 1. The Labute approximate surface area is 173 Å². The lowest BCUT2D eigenvalue weighted by Gasteiger charge is -2.23. The maximum atomic E-state index is 13.3. The van der Waals surface area contributed by atoms with Gasteiger partial charge >= 0.3 is 0 Å². The zero-order valence-electron chi connectivity index (χ0n) is 16.2. The summed E-state index contributed by atoms with van der Waals surface area (Å²) in [6.07, 6.45) is 4.62. The van der Waals surface area contributed by atoms with Crippen LogP contribution in [0.1, 0.15) is 40.5 Å². The molecule has 1 amide bonds. The molecule has 2 heterocycles. The number of carbonyl (C=O) groups excluding carboxylic acids is 1. The Morgan fingerprint density at radius 2 is 2.14 bits per heavy atom. The number of sulfonamides is 1. The molecular formula is C20H22N4O3S2. The minimum atomic E-state index is -3.66. The van der Waals surface area contributed by atoms with Crippen molar-refractivity contribution in [1.82, 2.24) is 19.8 Å². The van der Waals surface area contributed by atoms with Crippen LogP contribution in [-0.2, 0) is 23.5 Å². The third-order valence-electron chi connectivity index (χ3n) is 5.13. The molecule has 1 unspecified atom stereocenters. The maximum Gasteiger partial charge on any atom is 0.252 e. The summed E-state index contributed by atoms with van der Waals surface area (Å²) >= 11 is 1.51. The van der Waals surface area contributed by atoms with Crippen molar-refractivity contribution in [2.75, 3.05) is 7.05 Å². The molecule has 9 heteroatoms. The van der Waals surface area contributed by atoms with Crippen LogP contribution in [0.15, 0.2) is 46.8 Å². The number of amides is 1. The van der Waals surface area contributed by atoms with Gasteiger partial charge in [0, 0.05) is 34.8 Å². The molecule has 2 N–H and O–H groups in total. The van der Waals surface area contributed by atoms with Gasteiger partial charge in [0.25, 0.3) is 5.91 Å². The van der Waals surface area contributed by atoms with Crippen LogP contribution >= 0.6 is 11.3 Å². The van der Waals surface area contributed by atoms with Gasteiger partial charge in [0.15, 0.2) is 0 Å². The van der Waals surface area contributed by atoms with E-state index in [0.29, 0.717) is 5.56 Å². The second kappa shape index (κ2) is 7.74. The van der Waals surface area contributed by atoms with E-state index in [-0.39, 0.29) is 16.8 Å². The number of aromatic nitrogens is 2. The van der Waals surface area contributed by atoms with Crippen LogP contribution in [-0.4, -0.2) is 31.2 Å². The Bertz CT molecular complexity index is 1150. The van der Waals surface area contributed by atoms with Crippen molar-refractivity contribution in [3.05, 3.63) is 58.7 Å². The molecule has 0 radical (unpaired) electrons. The number of hydrogen-bond acceptors (Lipinski definition) is 5. The number of thiophene rings is 1. The molecule has 29 heavy (non-hydrogen) atoms. The van der Waals surface area contributed by atoms with E-state index in [9.17, 15) is 13.2 Å². The first-order valence-electron chi connectivity index (χ1n) is 9.34. The fourth-order valence-corrected chi connectivity index (χ4v) is 5.22. The molecule has 1 atom stereocenters. The summed E-state index contributed by atoms with van der Waals surface area (Å²) in [6, 6.07) is 8.36. The highest BCUT2D eigenvalue weighted by Gasteiger charge is 2.26. The smallest absolute Gasteiger partial charge is 0.252 e. The number of fused-ring (bicyclic) bond motifs is 1. The highest BCUT2D eigenvalue weighted by Crippen LogP contribution is 2.32. The molecule has 1 aromatic carbocycles. The van der Waals surface area contributed by atoms with Crippen molar-refractivity contribution < 1.29 is 13.2 Å². The summed E-state index contributed by atoms with van der Waals surface area (Å²) in [5.41, 5.74) is 3.10. The molecule has 0 aliphatic heterocycles. The highest BCUT2D eigenvalue weighted by atomic mass is 32.2. The van der Waals surface area contributed by atoms with E-state index in [1.165, 1.54) is 30.5 Å². The van der Waals surface area contributed by atoms with Gasteiger partial charge in [0.05, 0.1) is 16.6 Å². The Balaban J connectivity index is 1.73. The highest BCUT2D eigenvalue weighted by molar-refractivity contribution is 7.89. The van der Waals surface area contributed by atoms with Gasteiger partial charge in [0.2, 0.25) is 10.0 Å². The minimum Gasteiger partial charge on any atom is -0.345 e. The zero-order chi connectivity index (χ0) is 20.6. The van der Waals surface area contributed by atoms with E-state index in [4.69, 9.17) is 0 Å². The van der Waals surface area contributed by atoms with Crippen molar-refractivity contribution in [2.24, 2.45) is 7.05 Å². The van der Waals surface area contributed by atoms with E-state index < -0.39 is 10.0 Å². The standard InChI is InChI=1S/C20H22N4O3S2/c1-21-29(26,27)13-8-9-14(19-7-4-10-28-19)15(11-13)20(25)22-17-5-3-6-18-16(17)12-24(2)23-18/h4,7-12,17,21H,3,5-6H2,1-2H3,(H,22,25). The molecule has 2 aromatic heterocycles. The fraction of sp³-hybridized carbons (Fsp3) is 0.300. The number of nitrogens with zero attached hydrogens (tertiary/aromatic N) is 2. The van der Waals surface area contributed by atoms with Gasteiger partial charge in [-0.15, -0.1) is 11.3 Å². The third kappa shape index (κ3) is 3.85. The van der Waals surface area contributed by atoms with Crippen LogP contribution in [0.25, 0.3) is 10.4 Å². The molecule has 1 aliphatic rings. The topological polar surface area (TPSA) is 93.1 Å². The lowest BCUT2D eigenvalue weighted by molar-refractivity contribution is 0.0933. The van der Waals surface area contributed by atoms with Crippen molar-refractivity contribution >= 4 is 27.3 Å². The van der Waals surface area contributed by atoms with Gasteiger partial charge in [0.1, 0.15) is 0 Å². The van der Waals surface area contributed by atoms with Crippen LogP contribution in [0, 0.1) is 0 Å². The minimum absolute atomic E-state index is 0.0659. The SMILES string of the molecule is CNS(=O)(=O)c1ccc(-c2cccs2)c(C(=O)NC2CCCc3nn(C)cc32)c1. The van der Waals surface area contributed by atoms with Gasteiger partial charge in [-0.2, -0.15) is 5.10 Å². The largest absolute Gasteiger partial charge is 0.345 e. The molecule has 4 rings (SSSR count). The lowest BCUT2D eigenvalue weighted by atomic mass is 9.92. The van der Waals surface area contributed by atoms with Crippen LogP contribution < -0.4 is 10.0 Å². The average Bonchev–Trinajstić information content (AvgIpc) is 3.37. The van der Waals surface area contributed by atoms with Crippen molar-refractivity contribution in [3.63, 3.8) is 0 Å². The van der Waals surface area contributed by atoms with Gasteiger partial charge in [-0.25, -0.2) is 13.1 Å². The first-order chi connectivity index (χ1) is 13.9. The number of benzene rings is 1. The summed E-state index contributed by atoms with van der Waals surface area (Å²) in [5.74, 6) is -0.289. The predicted octanol–water partition coefficient (Wildman–Crippen LogP) is 2.86. The fourth-order valence-electron chi connectivity index (χ4n) is 3.70. The quantitative estimate of drug-likeness (QED) is 0.651. The van der Waals surface area contributed by atoms with E-state index >= 15 is 0 Å². The van der Waals surface area contributed by atoms with Crippen LogP contribution in [0.2, 0.25) is 0 Å². The second-order valence-electron chi connectivity index (χ2n) is 7.02. The number of nitrogens with one attached hydrogen (secondary N) is 2. The van der Waals surface area contributed by atoms with E-state index in [1.807, 2.05) is 30.8 Å². The monoisotopic (exact) mass is 430 g/mol. The van der Waals surface area contributed by atoms with E-state index in [2.05, 4.69) is 15.1 Å². The first-order valence-corrected chi connectivity index (χ1v) is 11.7. The summed E-state index contributed by atoms with van der Waals surface area (Å²) in [7, 11) is -0.430. The Morgan fingerprint density at radius 1 is 1.31 bits per heavy atom. The van der Waals surface area contributed by atoms with Crippen LogP contribution in [0.4, 0.5) is 0 Å². The molecule has 0 fully saturated rings. The average molecular weight is 431 g/mol. The summed E-state index contributed by atoms with van der Waals surface area (Å²) in [5, 5.41) is 9.51. The molecule has 152 valence electrons. The van der Waals surface area contributed by atoms with Gasteiger partial charge in [-0.05, 0) is 49.9 Å². The predicted molar refractivity (Wildman–Crippen MR) is 112 cm³/mol. The molecule has 0 bridgehead atoms. The maximum absolute atomic E-state index is 13.3. The number of aryl methyl sites for hydroxylation is 2. The normalized spacial score (nSPS) is 16.4. The van der Waals surface area contributed by atoms with Crippen LogP contribution in [0.3, 0.4) is 0 Å². The van der Waals surface area contributed by atoms with Crippen molar-refractivity contribution in [1.29, 1.82) is 0 Å². The number of hydrogen-bond donors (Lipinski definition) is 2. The second-order valence-corrected chi connectivity index (χ2v) is 9.85. The Kier molecular flexibility index (Phi) is 5.28. The van der Waals surface area contributed by atoms with Crippen molar-refractivity contribution in [2.45, 2.75) is 30.2 Å². The third-order valence-corrected chi connectivity index (χ3v) is 7.44. The van der Waals surface area contributed by atoms with Crippen molar-refractivity contribution in [3.8, 4) is 10.4 Å². The molecule has 0 spiro atoms. The molecular weight excluding hydrogens is 408 g/mol.